The minimum absolute atomic E-state index is 0.0119. The molecule has 1 aromatic carbocycles. The molecule has 1 aliphatic rings. The molecule has 0 bridgehead atoms. The van der Waals surface area contributed by atoms with Crippen LogP contribution in [0.15, 0.2) is 29.2 Å². The molecule has 0 aliphatic carbocycles. The normalized spacial score (nSPS) is 22.4. The number of para-hydroxylation sites is 1. The molecule has 6 heteroatoms. The summed E-state index contributed by atoms with van der Waals surface area (Å²) < 4.78 is 31.8. The number of rotatable bonds is 4. The van der Waals surface area contributed by atoms with Gasteiger partial charge in [0.05, 0.1) is 7.11 Å². The Hall–Kier alpha value is -1.11. The first-order valence-electron chi connectivity index (χ1n) is 6.35. The van der Waals surface area contributed by atoms with Crippen LogP contribution in [0.3, 0.4) is 0 Å². The maximum Gasteiger partial charge on any atom is 0.246 e. The number of benzene rings is 1. The highest BCUT2D eigenvalue weighted by atomic mass is 32.2. The van der Waals surface area contributed by atoms with E-state index in [1.165, 1.54) is 11.4 Å². The Morgan fingerprint density at radius 1 is 1.42 bits per heavy atom. The van der Waals surface area contributed by atoms with Gasteiger partial charge in [-0.3, -0.25) is 0 Å². The Labute approximate surface area is 114 Å². The molecular formula is C13H20N2O3S. The van der Waals surface area contributed by atoms with Gasteiger partial charge in [0.2, 0.25) is 10.0 Å². The van der Waals surface area contributed by atoms with E-state index in [2.05, 4.69) is 0 Å². The monoisotopic (exact) mass is 284 g/mol. The standard InChI is InChI=1S/C13H20N2O3S/c1-10(14)11-7-8-15(9-11)19(16,17)13-6-4-3-5-12(13)18-2/h3-6,10-11H,7-9,14H2,1-2H3. The Morgan fingerprint density at radius 2 is 2.11 bits per heavy atom. The number of sulfonamides is 1. The van der Waals surface area contributed by atoms with E-state index >= 15 is 0 Å². The summed E-state index contributed by atoms with van der Waals surface area (Å²) >= 11 is 0. The van der Waals surface area contributed by atoms with Gasteiger partial charge in [0, 0.05) is 19.1 Å². The lowest BCUT2D eigenvalue weighted by atomic mass is 10.0. The molecule has 1 aliphatic heterocycles. The number of nitrogens with zero attached hydrogens (tertiary/aromatic N) is 1. The summed E-state index contributed by atoms with van der Waals surface area (Å²) in [5.41, 5.74) is 5.85. The van der Waals surface area contributed by atoms with E-state index in [0.717, 1.165) is 6.42 Å². The predicted molar refractivity (Wildman–Crippen MR) is 73.5 cm³/mol. The van der Waals surface area contributed by atoms with Gasteiger partial charge in [-0.05, 0) is 31.4 Å². The van der Waals surface area contributed by atoms with Gasteiger partial charge in [0.15, 0.2) is 0 Å². The number of ether oxygens (including phenoxy) is 1. The minimum Gasteiger partial charge on any atom is -0.495 e. The molecule has 0 amide bonds. The number of nitrogens with two attached hydrogens (primary N) is 1. The van der Waals surface area contributed by atoms with Gasteiger partial charge < -0.3 is 10.5 Å². The van der Waals surface area contributed by atoms with Crippen LogP contribution in [0, 0.1) is 5.92 Å². The van der Waals surface area contributed by atoms with Crippen LogP contribution in [0.2, 0.25) is 0 Å². The van der Waals surface area contributed by atoms with Crippen molar-refractivity contribution >= 4 is 10.0 Å². The average molecular weight is 284 g/mol. The third-order valence-corrected chi connectivity index (χ3v) is 5.52. The predicted octanol–water partition coefficient (Wildman–Crippen LogP) is 1.05. The topological polar surface area (TPSA) is 72.6 Å². The highest BCUT2D eigenvalue weighted by Gasteiger charge is 2.35. The molecule has 2 unspecified atom stereocenters. The first kappa shape index (κ1) is 14.3. The van der Waals surface area contributed by atoms with Gasteiger partial charge in [-0.25, -0.2) is 8.42 Å². The van der Waals surface area contributed by atoms with E-state index in [1.807, 2.05) is 6.92 Å². The number of hydrogen-bond donors (Lipinski definition) is 1. The van der Waals surface area contributed by atoms with Crippen molar-refractivity contribution in [1.82, 2.24) is 4.31 Å². The van der Waals surface area contributed by atoms with E-state index in [9.17, 15) is 8.42 Å². The van der Waals surface area contributed by atoms with Crippen LogP contribution in [-0.2, 0) is 10.0 Å². The molecule has 19 heavy (non-hydrogen) atoms. The maximum absolute atomic E-state index is 12.6. The quantitative estimate of drug-likeness (QED) is 0.897. The third-order valence-electron chi connectivity index (χ3n) is 3.62. The summed E-state index contributed by atoms with van der Waals surface area (Å²) in [6.45, 7) is 2.93. The van der Waals surface area contributed by atoms with Crippen molar-refractivity contribution < 1.29 is 13.2 Å². The smallest absolute Gasteiger partial charge is 0.246 e. The van der Waals surface area contributed by atoms with Crippen molar-refractivity contribution in [3.8, 4) is 5.75 Å². The molecule has 1 heterocycles. The molecule has 106 valence electrons. The lowest BCUT2D eigenvalue weighted by Crippen LogP contribution is -2.33. The zero-order valence-corrected chi connectivity index (χ0v) is 12.1. The maximum atomic E-state index is 12.6. The van der Waals surface area contributed by atoms with E-state index in [0.29, 0.717) is 18.8 Å². The number of methoxy groups -OCH3 is 1. The molecule has 2 N–H and O–H groups in total. The van der Waals surface area contributed by atoms with Gasteiger partial charge in [0.25, 0.3) is 0 Å². The van der Waals surface area contributed by atoms with Crippen LogP contribution in [-0.4, -0.2) is 39.0 Å². The first-order valence-corrected chi connectivity index (χ1v) is 7.79. The lowest BCUT2D eigenvalue weighted by molar-refractivity contribution is 0.395. The van der Waals surface area contributed by atoms with Crippen LogP contribution in [0.1, 0.15) is 13.3 Å². The largest absolute Gasteiger partial charge is 0.495 e. The van der Waals surface area contributed by atoms with Crippen molar-refractivity contribution in [3.05, 3.63) is 24.3 Å². The Kier molecular flexibility index (Phi) is 4.13. The molecular weight excluding hydrogens is 264 g/mol. The zero-order valence-electron chi connectivity index (χ0n) is 11.2. The van der Waals surface area contributed by atoms with Crippen LogP contribution in [0.5, 0.6) is 5.75 Å². The van der Waals surface area contributed by atoms with Crippen LogP contribution in [0.4, 0.5) is 0 Å². The van der Waals surface area contributed by atoms with Crippen molar-refractivity contribution in [2.75, 3.05) is 20.2 Å². The molecule has 1 fully saturated rings. The van der Waals surface area contributed by atoms with Crippen LogP contribution in [0.25, 0.3) is 0 Å². The highest BCUT2D eigenvalue weighted by molar-refractivity contribution is 7.89. The van der Waals surface area contributed by atoms with Crippen LogP contribution < -0.4 is 10.5 Å². The molecule has 0 spiro atoms. The average Bonchev–Trinajstić information content (AvgIpc) is 2.89. The number of hydrogen-bond acceptors (Lipinski definition) is 4. The summed E-state index contributed by atoms with van der Waals surface area (Å²) in [6.07, 6.45) is 0.812. The molecule has 0 saturated carbocycles. The second-order valence-electron chi connectivity index (χ2n) is 4.92. The Bertz CT molecular complexity index is 543. The minimum atomic E-state index is -3.50. The summed E-state index contributed by atoms with van der Waals surface area (Å²) in [7, 11) is -2.02. The van der Waals surface area contributed by atoms with Crippen molar-refractivity contribution in [2.24, 2.45) is 11.7 Å². The van der Waals surface area contributed by atoms with Gasteiger partial charge in [-0.15, -0.1) is 0 Å². The lowest BCUT2D eigenvalue weighted by Gasteiger charge is -2.19. The highest BCUT2D eigenvalue weighted by Crippen LogP contribution is 2.30. The van der Waals surface area contributed by atoms with E-state index in [4.69, 9.17) is 10.5 Å². The third kappa shape index (κ3) is 2.75. The molecule has 0 aromatic heterocycles. The second-order valence-corrected chi connectivity index (χ2v) is 6.83. The van der Waals surface area contributed by atoms with Crippen molar-refractivity contribution in [1.29, 1.82) is 0 Å². The van der Waals surface area contributed by atoms with Gasteiger partial charge in [-0.2, -0.15) is 4.31 Å². The molecule has 5 nitrogen and oxygen atoms in total. The van der Waals surface area contributed by atoms with E-state index in [-0.39, 0.29) is 16.9 Å². The van der Waals surface area contributed by atoms with Crippen LogP contribution >= 0.6 is 0 Å². The summed E-state index contributed by atoms with van der Waals surface area (Å²) in [4.78, 5) is 0.225. The molecule has 2 rings (SSSR count). The fourth-order valence-electron chi connectivity index (χ4n) is 2.37. The fraction of sp³-hybridized carbons (Fsp3) is 0.538. The van der Waals surface area contributed by atoms with E-state index < -0.39 is 10.0 Å². The Balaban J connectivity index is 2.29. The van der Waals surface area contributed by atoms with Gasteiger partial charge in [-0.1, -0.05) is 12.1 Å². The van der Waals surface area contributed by atoms with Gasteiger partial charge in [0.1, 0.15) is 10.6 Å². The molecule has 1 saturated heterocycles. The van der Waals surface area contributed by atoms with E-state index in [1.54, 1.807) is 24.3 Å². The van der Waals surface area contributed by atoms with Crippen molar-refractivity contribution in [2.45, 2.75) is 24.3 Å². The fourth-order valence-corrected chi connectivity index (χ4v) is 4.04. The first-order chi connectivity index (χ1) is 8.96. The SMILES string of the molecule is COc1ccccc1S(=O)(=O)N1CCC(C(C)N)C1. The Morgan fingerprint density at radius 3 is 2.68 bits per heavy atom. The summed E-state index contributed by atoms with van der Waals surface area (Å²) in [5.74, 6) is 0.608. The van der Waals surface area contributed by atoms with Crippen molar-refractivity contribution in [3.63, 3.8) is 0 Å². The molecule has 2 atom stereocenters. The summed E-state index contributed by atoms with van der Waals surface area (Å²) in [5, 5.41) is 0. The summed E-state index contributed by atoms with van der Waals surface area (Å²) in [6, 6.07) is 6.71. The van der Waals surface area contributed by atoms with Gasteiger partial charge >= 0.3 is 0 Å². The second kappa shape index (κ2) is 5.48. The molecule has 1 aromatic rings. The molecule has 0 radical (unpaired) electrons. The zero-order chi connectivity index (χ0) is 14.0.